The quantitative estimate of drug-likeness (QED) is 0.586. The zero-order valence-electron chi connectivity index (χ0n) is 16.4. The van der Waals surface area contributed by atoms with Crippen LogP contribution in [0.5, 0.6) is 0 Å². The Balaban J connectivity index is 0.000000490. The molecule has 3 nitrogen and oxygen atoms in total. The molecule has 0 amide bonds. The molecular formula is C22H37NO2. The van der Waals surface area contributed by atoms with Gasteiger partial charge in [-0.1, -0.05) is 19.4 Å². The van der Waals surface area contributed by atoms with E-state index in [1.54, 1.807) is 0 Å². The predicted octanol–water partition coefficient (Wildman–Crippen LogP) is 3.65. The lowest BCUT2D eigenvalue weighted by molar-refractivity contribution is -0.0490. The summed E-state index contributed by atoms with van der Waals surface area (Å²) in [4.78, 5) is 0. The molecule has 5 rings (SSSR count). The minimum Gasteiger partial charge on any atom is -0.393 e. The van der Waals surface area contributed by atoms with Gasteiger partial charge in [-0.2, -0.15) is 0 Å². The Morgan fingerprint density at radius 3 is 2.60 bits per heavy atom. The minimum absolute atomic E-state index is 0.0895. The van der Waals surface area contributed by atoms with E-state index in [1.165, 1.54) is 50.5 Å². The largest absolute Gasteiger partial charge is 0.393 e. The summed E-state index contributed by atoms with van der Waals surface area (Å²) >= 11 is 0. The molecule has 25 heavy (non-hydrogen) atoms. The number of nitrogens with one attached hydrogen (secondary N) is 1. The maximum absolute atomic E-state index is 11.8. The van der Waals surface area contributed by atoms with Gasteiger partial charge < -0.3 is 15.5 Å². The molecule has 3 N–H and O–H groups in total. The molecule has 0 heterocycles. The molecule has 0 aromatic rings. The highest BCUT2D eigenvalue weighted by atomic mass is 16.3. The molecule has 1 spiro atoms. The smallest absolute Gasteiger partial charge is 0.0893 e. The lowest BCUT2D eigenvalue weighted by Crippen LogP contribution is -2.48. The van der Waals surface area contributed by atoms with E-state index in [-0.39, 0.29) is 6.10 Å². The molecule has 0 bridgehead atoms. The molecule has 4 saturated carbocycles. The van der Waals surface area contributed by atoms with Gasteiger partial charge >= 0.3 is 0 Å². The molecule has 0 aliphatic heterocycles. The average molecular weight is 348 g/mol. The van der Waals surface area contributed by atoms with Crippen LogP contribution < -0.4 is 5.32 Å². The predicted molar refractivity (Wildman–Crippen MR) is 101 cm³/mol. The zero-order valence-corrected chi connectivity index (χ0v) is 16.4. The molecule has 5 aliphatic carbocycles. The number of hydrogen-bond donors (Lipinski definition) is 3. The normalized spacial score (nSPS) is 53.1. The molecule has 6 unspecified atom stereocenters. The summed E-state index contributed by atoms with van der Waals surface area (Å²) in [6, 6.07) is 0. The summed E-state index contributed by atoms with van der Waals surface area (Å²) in [6.45, 7) is 2.42. The molecule has 4 fully saturated rings. The van der Waals surface area contributed by atoms with Crippen LogP contribution in [0.15, 0.2) is 11.6 Å². The van der Waals surface area contributed by atoms with E-state index < -0.39 is 5.60 Å². The maximum Gasteiger partial charge on any atom is 0.0893 e. The fourth-order valence-corrected chi connectivity index (χ4v) is 7.41. The first-order valence-electron chi connectivity index (χ1n) is 10.6. The van der Waals surface area contributed by atoms with Gasteiger partial charge in [-0.25, -0.2) is 0 Å². The summed E-state index contributed by atoms with van der Waals surface area (Å²) in [6.07, 6.45) is 13.9. The van der Waals surface area contributed by atoms with Crippen LogP contribution in [-0.4, -0.2) is 36.0 Å². The SMILES string of the molecule is CC12CC=C3C4CC45CC(O)CCC5CC[C@]3(O)C1CCC2.CNC. The number of fused-ring (bicyclic) bond motifs is 4. The first-order chi connectivity index (χ1) is 11.9. The highest BCUT2D eigenvalue weighted by Gasteiger charge is 2.68. The van der Waals surface area contributed by atoms with Crippen molar-refractivity contribution in [2.45, 2.75) is 82.8 Å². The summed E-state index contributed by atoms with van der Waals surface area (Å²) in [5.74, 6) is 1.83. The van der Waals surface area contributed by atoms with Crippen LogP contribution in [0.1, 0.15) is 71.1 Å². The van der Waals surface area contributed by atoms with Gasteiger partial charge in [0.25, 0.3) is 0 Å². The lowest BCUT2D eigenvalue weighted by Gasteiger charge is -2.48. The Morgan fingerprint density at radius 2 is 1.84 bits per heavy atom. The van der Waals surface area contributed by atoms with E-state index in [2.05, 4.69) is 18.3 Å². The van der Waals surface area contributed by atoms with Crippen molar-refractivity contribution in [1.29, 1.82) is 0 Å². The number of aliphatic hydroxyl groups excluding tert-OH is 1. The third kappa shape index (κ3) is 2.56. The molecule has 0 radical (unpaired) electrons. The highest BCUT2D eigenvalue weighted by Crippen LogP contribution is 2.73. The van der Waals surface area contributed by atoms with Gasteiger partial charge in [0.1, 0.15) is 0 Å². The third-order valence-electron chi connectivity index (χ3n) is 8.59. The molecule has 7 atom stereocenters. The van der Waals surface area contributed by atoms with Gasteiger partial charge in [-0.15, -0.1) is 0 Å². The summed E-state index contributed by atoms with van der Waals surface area (Å²) < 4.78 is 0. The molecule has 3 heteroatoms. The van der Waals surface area contributed by atoms with Crippen molar-refractivity contribution in [3.8, 4) is 0 Å². The molecule has 0 saturated heterocycles. The van der Waals surface area contributed by atoms with E-state index in [0.717, 1.165) is 25.2 Å². The van der Waals surface area contributed by atoms with E-state index in [9.17, 15) is 10.2 Å². The van der Waals surface area contributed by atoms with E-state index in [0.29, 0.717) is 22.7 Å². The summed E-state index contributed by atoms with van der Waals surface area (Å²) in [5.41, 5.74) is 1.60. The van der Waals surface area contributed by atoms with Crippen LogP contribution in [0.4, 0.5) is 0 Å². The van der Waals surface area contributed by atoms with Crippen molar-refractivity contribution in [2.24, 2.45) is 28.6 Å². The number of allylic oxidation sites excluding steroid dienone is 1. The fraction of sp³-hybridized carbons (Fsp3) is 0.909. The Morgan fingerprint density at radius 1 is 1.08 bits per heavy atom. The minimum atomic E-state index is -0.514. The standard InChI is InChI=1S/C20H30O2.C2H7N/c1-18-8-2-3-17(18)20(22)10-6-13-4-5-14(21)11-19(13)12-16(19)15(20)7-9-18;1-3-2/h7,13-14,16-17,21-22H,2-6,8-12H2,1H3;3H,1-2H3/t13?,14?,16?,17?,18?,19?,20-;/m1./s1. The monoisotopic (exact) mass is 347 g/mol. The van der Waals surface area contributed by atoms with Crippen molar-refractivity contribution in [2.75, 3.05) is 14.1 Å². The van der Waals surface area contributed by atoms with Gasteiger partial charge in [0.15, 0.2) is 0 Å². The van der Waals surface area contributed by atoms with E-state index in [4.69, 9.17) is 0 Å². The Kier molecular flexibility index (Phi) is 4.37. The van der Waals surface area contributed by atoms with Crippen LogP contribution in [0.2, 0.25) is 0 Å². The van der Waals surface area contributed by atoms with Gasteiger partial charge in [0, 0.05) is 0 Å². The third-order valence-corrected chi connectivity index (χ3v) is 8.59. The Labute approximate surface area is 153 Å². The van der Waals surface area contributed by atoms with Crippen LogP contribution >= 0.6 is 0 Å². The van der Waals surface area contributed by atoms with Crippen molar-refractivity contribution in [3.63, 3.8) is 0 Å². The molecule has 0 aromatic heterocycles. The Hall–Kier alpha value is -0.380. The molecule has 5 aliphatic rings. The van der Waals surface area contributed by atoms with Crippen LogP contribution in [0.3, 0.4) is 0 Å². The highest BCUT2D eigenvalue weighted by molar-refractivity contribution is 5.37. The van der Waals surface area contributed by atoms with Crippen molar-refractivity contribution in [1.82, 2.24) is 5.32 Å². The average Bonchev–Trinajstić information content (AvgIpc) is 3.09. The second kappa shape index (κ2) is 6.07. The van der Waals surface area contributed by atoms with Gasteiger partial charge in [-0.3, -0.25) is 0 Å². The molecule has 0 aromatic carbocycles. The summed E-state index contributed by atoms with van der Waals surface area (Å²) in [7, 11) is 3.75. The van der Waals surface area contributed by atoms with Crippen LogP contribution in [-0.2, 0) is 0 Å². The van der Waals surface area contributed by atoms with E-state index in [1.807, 2.05) is 14.1 Å². The van der Waals surface area contributed by atoms with Crippen LogP contribution in [0.25, 0.3) is 0 Å². The van der Waals surface area contributed by atoms with Crippen molar-refractivity contribution < 1.29 is 10.2 Å². The second-order valence-corrected chi connectivity index (χ2v) is 10.0. The topological polar surface area (TPSA) is 52.5 Å². The van der Waals surface area contributed by atoms with Crippen LogP contribution in [0, 0.1) is 28.6 Å². The fourth-order valence-electron chi connectivity index (χ4n) is 7.41. The summed E-state index contributed by atoms with van der Waals surface area (Å²) in [5, 5.41) is 24.7. The van der Waals surface area contributed by atoms with E-state index >= 15 is 0 Å². The molecular weight excluding hydrogens is 310 g/mol. The number of hydrogen-bond acceptors (Lipinski definition) is 3. The number of rotatable bonds is 0. The van der Waals surface area contributed by atoms with Gasteiger partial charge in [-0.05, 0) is 106 Å². The van der Waals surface area contributed by atoms with Crippen molar-refractivity contribution in [3.05, 3.63) is 11.6 Å². The molecule has 142 valence electrons. The second-order valence-electron chi connectivity index (χ2n) is 10.0. The van der Waals surface area contributed by atoms with Crippen molar-refractivity contribution >= 4 is 0 Å². The number of aliphatic hydroxyl groups is 2. The van der Waals surface area contributed by atoms with Gasteiger partial charge in [0.05, 0.1) is 11.7 Å². The zero-order chi connectivity index (χ0) is 17.9. The first-order valence-corrected chi connectivity index (χ1v) is 10.6. The maximum atomic E-state index is 11.8. The van der Waals surface area contributed by atoms with Gasteiger partial charge in [0.2, 0.25) is 0 Å². The lowest BCUT2D eigenvalue weighted by atomic mass is 9.60. The first kappa shape index (κ1) is 18.0. The Bertz CT molecular complexity index is 560.